The summed E-state index contributed by atoms with van der Waals surface area (Å²) in [6.07, 6.45) is 8.88. The van der Waals surface area contributed by atoms with Crippen LogP contribution in [-0.2, 0) is 0 Å². The first-order valence-electron chi connectivity index (χ1n) is 4.15. The summed E-state index contributed by atoms with van der Waals surface area (Å²) in [7, 11) is 0. The zero-order valence-electron chi connectivity index (χ0n) is 6.53. The van der Waals surface area contributed by atoms with Crippen LogP contribution in [0.5, 0.6) is 0 Å². The van der Waals surface area contributed by atoms with Crippen LogP contribution in [0.4, 0.5) is 0 Å². The molecule has 0 radical (unpaired) electrons. The van der Waals surface area contributed by atoms with E-state index in [1.165, 1.54) is 36.1 Å². The highest BCUT2D eigenvalue weighted by Crippen LogP contribution is 2.32. The summed E-state index contributed by atoms with van der Waals surface area (Å²) in [6.45, 7) is 0. The van der Waals surface area contributed by atoms with Crippen LogP contribution in [0, 0.1) is 0 Å². The number of nitrogens with zero attached hydrogens (tertiary/aromatic N) is 2. The molecule has 1 aromatic heterocycles. The third-order valence-corrected chi connectivity index (χ3v) is 2.39. The highest BCUT2D eigenvalue weighted by Gasteiger charge is 2.18. The molecule has 60 valence electrons. The monoisotopic (exact) mass is 151 g/mol. The van der Waals surface area contributed by atoms with E-state index in [-0.39, 0.29) is 0 Å². The maximum atomic E-state index is 5.50. The zero-order valence-corrected chi connectivity index (χ0v) is 6.53. The highest BCUT2D eigenvalue weighted by molar-refractivity contribution is 5.06. The molecule has 0 bridgehead atoms. The lowest BCUT2D eigenvalue weighted by atomic mass is 10.1. The molecule has 0 unspecified atom stereocenters. The van der Waals surface area contributed by atoms with Crippen LogP contribution in [0.15, 0.2) is 12.5 Å². The Morgan fingerprint density at radius 3 is 2.73 bits per heavy atom. The summed E-state index contributed by atoms with van der Waals surface area (Å²) in [5.74, 6) is 6.18. The van der Waals surface area contributed by atoms with E-state index in [2.05, 4.69) is 4.98 Å². The molecule has 11 heavy (non-hydrogen) atoms. The Balaban J connectivity index is 2.15. The largest absolute Gasteiger partial charge is 0.338 e. The van der Waals surface area contributed by atoms with Gasteiger partial charge in [-0.15, -0.1) is 0 Å². The predicted molar refractivity (Wildman–Crippen MR) is 43.6 cm³/mol. The van der Waals surface area contributed by atoms with Gasteiger partial charge in [0, 0.05) is 12.1 Å². The molecule has 0 aromatic carbocycles. The average Bonchev–Trinajstić information content (AvgIpc) is 2.55. The first-order chi connectivity index (χ1) is 5.36. The van der Waals surface area contributed by atoms with Crippen LogP contribution < -0.4 is 5.84 Å². The molecule has 2 N–H and O–H groups in total. The van der Waals surface area contributed by atoms with Crippen LogP contribution in [0.25, 0.3) is 0 Å². The Hall–Kier alpha value is -0.990. The minimum absolute atomic E-state index is 0.680. The van der Waals surface area contributed by atoms with Gasteiger partial charge in [0.05, 0.1) is 5.69 Å². The van der Waals surface area contributed by atoms with Crippen molar-refractivity contribution in [3.05, 3.63) is 18.2 Å². The molecule has 1 fully saturated rings. The van der Waals surface area contributed by atoms with Crippen molar-refractivity contribution in [2.24, 2.45) is 0 Å². The minimum Gasteiger partial charge on any atom is -0.338 e. The predicted octanol–water partition coefficient (Wildman–Crippen LogP) is 1.25. The molecule has 0 aliphatic heterocycles. The molecule has 3 nitrogen and oxygen atoms in total. The van der Waals surface area contributed by atoms with Crippen molar-refractivity contribution >= 4 is 0 Å². The van der Waals surface area contributed by atoms with Gasteiger partial charge in [-0.3, -0.25) is 4.68 Å². The molecule has 0 spiro atoms. The summed E-state index contributed by atoms with van der Waals surface area (Å²) >= 11 is 0. The van der Waals surface area contributed by atoms with Crippen molar-refractivity contribution in [1.29, 1.82) is 0 Å². The minimum atomic E-state index is 0.680. The number of nitrogens with two attached hydrogens (primary N) is 1. The average molecular weight is 151 g/mol. The Morgan fingerprint density at radius 2 is 2.18 bits per heavy atom. The van der Waals surface area contributed by atoms with E-state index in [0.29, 0.717) is 5.92 Å². The smallest absolute Gasteiger partial charge is 0.114 e. The lowest BCUT2D eigenvalue weighted by Crippen LogP contribution is -2.03. The first-order valence-corrected chi connectivity index (χ1v) is 4.15. The van der Waals surface area contributed by atoms with Gasteiger partial charge < -0.3 is 5.84 Å². The second-order valence-corrected chi connectivity index (χ2v) is 3.23. The SMILES string of the molecule is Nn1cnc(C2CCCC2)c1. The van der Waals surface area contributed by atoms with Gasteiger partial charge in [-0.2, -0.15) is 0 Å². The molecule has 3 heteroatoms. The topological polar surface area (TPSA) is 43.8 Å². The van der Waals surface area contributed by atoms with E-state index in [0.717, 1.165) is 0 Å². The number of hydrogen-bond acceptors (Lipinski definition) is 2. The summed E-state index contributed by atoms with van der Waals surface area (Å²) < 4.78 is 1.54. The first kappa shape index (κ1) is 6.70. The summed E-state index contributed by atoms with van der Waals surface area (Å²) in [6, 6.07) is 0. The Bertz CT molecular complexity index is 235. The molecule has 1 aromatic rings. The lowest BCUT2D eigenvalue weighted by molar-refractivity contribution is 0.701. The van der Waals surface area contributed by atoms with Gasteiger partial charge >= 0.3 is 0 Å². The fourth-order valence-corrected chi connectivity index (χ4v) is 1.79. The van der Waals surface area contributed by atoms with E-state index in [4.69, 9.17) is 5.84 Å². The van der Waals surface area contributed by atoms with E-state index < -0.39 is 0 Å². The number of aromatic nitrogens is 2. The Morgan fingerprint density at radius 1 is 1.45 bits per heavy atom. The molecule has 1 heterocycles. The molecular formula is C8H13N3. The maximum absolute atomic E-state index is 5.50. The van der Waals surface area contributed by atoms with Crippen LogP contribution >= 0.6 is 0 Å². The second-order valence-electron chi connectivity index (χ2n) is 3.23. The van der Waals surface area contributed by atoms with Crippen molar-refractivity contribution < 1.29 is 0 Å². The van der Waals surface area contributed by atoms with Crippen LogP contribution in [-0.4, -0.2) is 9.66 Å². The quantitative estimate of drug-likeness (QED) is 0.614. The second kappa shape index (κ2) is 2.57. The van der Waals surface area contributed by atoms with Crippen LogP contribution in [0.1, 0.15) is 37.3 Å². The summed E-state index contributed by atoms with van der Waals surface area (Å²) in [4.78, 5) is 4.24. The van der Waals surface area contributed by atoms with Crippen molar-refractivity contribution in [2.45, 2.75) is 31.6 Å². The normalized spacial score (nSPS) is 19.3. The van der Waals surface area contributed by atoms with Gasteiger partial charge in [-0.1, -0.05) is 12.8 Å². The van der Waals surface area contributed by atoms with Crippen LogP contribution in [0.2, 0.25) is 0 Å². The molecule has 1 aliphatic carbocycles. The molecule has 0 atom stereocenters. The molecule has 0 saturated heterocycles. The van der Waals surface area contributed by atoms with E-state index in [1.807, 2.05) is 6.20 Å². The Kier molecular flexibility index (Phi) is 1.56. The van der Waals surface area contributed by atoms with Gasteiger partial charge in [-0.25, -0.2) is 4.98 Å². The van der Waals surface area contributed by atoms with Crippen LogP contribution in [0.3, 0.4) is 0 Å². The number of hydrogen-bond donors (Lipinski definition) is 1. The van der Waals surface area contributed by atoms with Gasteiger partial charge in [0.2, 0.25) is 0 Å². The fraction of sp³-hybridized carbons (Fsp3) is 0.625. The van der Waals surface area contributed by atoms with Gasteiger partial charge in [0.15, 0.2) is 0 Å². The summed E-state index contributed by atoms with van der Waals surface area (Å²) in [5, 5.41) is 0. The highest BCUT2D eigenvalue weighted by atomic mass is 15.3. The molecule has 2 rings (SSSR count). The molecular weight excluding hydrogens is 138 g/mol. The van der Waals surface area contributed by atoms with Gasteiger partial charge in [-0.05, 0) is 12.8 Å². The lowest BCUT2D eigenvalue weighted by Gasteiger charge is -2.02. The standard InChI is InChI=1S/C8H13N3/c9-11-5-8(10-6-11)7-3-1-2-4-7/h5-7H,1-4,9H2. The van der Waals surface area contributed by atoms with Crippen molar-refractivity contribution in [2.75, 3.05) is 5.84 Å². The molecule has 0 amide bonds. The third kappa shape index (κ3) is 1.23. The number of imidazole rings is 1. The number of nitrogen functional groups attached to an aromatic ring is 1. The third-order valence-electron chi connectivity index (χ3n) is 2.39. The molecule has 1 saturated carbocycles. The number of rotatable bonds is 1. The molecule has 1 aliphatic rings. The van der Waals surface area contributed by atoms with Gasteiger partial charge in [0.25, 0.3) is 0 Å². The van der Waals surface area contributed by atoms with Crippen molar-refractivity contribution in [1.82, 2.24) is 9.66 Å². The van der Waals surface area contributed by atoms with Crippen molar-refractivity contribution in [3.63, 3.8) is 0 Å². The fourth-order valence-electron chi connectivity index (χ4n) is 1.79. The van der Waals surface area contributed by atoms with Crippen molar-refractivity contribution in [3.8, 4) is 0 Å². The van der Waals surface area contributed by atoms with E-state index in [1.54, 1.807) is 6.33 Å². The Labute approximate surface area is 66.2 Å². The zero-order chi connectivity index (χ0) is 7.68. The van der Waals surface area contributed by atoms with E-state index >= 15 is 0 Å². The summed E-state index contributed by atoms with van der Waals surface area (Å²) in [5.41, 5.74) is 1.17. The van der Waals surface area contributed by atoms with E-state index in [9.17, 15) is 0 Å². The van der Waals surface area contributed by atoms with Gasteiger partial charge in [0.1, 0.15) is 6.33 Å². The maximum Gasteiger partial charge on any atom is 0.114 e.